The van der Waals surface area contributed by atoms with Crippen molar-refractivity contribution in [2.45, 2.75) is 0 Å². The Morgan fingerprint density at radius 3 is 0.600 bits per heavy atom. The molecule has 0 unspecified atom stereocenters. The molecular formula is C57H39N3. The molecule has 0 aliphatic rings. The van der Waals surface area contributed by atoms with E-state index in [-0.39, 0.29) is 0 Å². The van der Waals surface area contributed by atoms with Crippen LogP contribution in [0.3, 0.4) is 0 Å². The summed E-state index contributed by atoms with van der Waals surface area (Å²) in [4.78, 5) is 15.8. The number of benzene rings is 7. The van der Waals surface area contributed by atoms with Crippen molar-refractivity contribution < 1.29 is 0 Å². The van der Waals surface area contributed by atoms with Crippen LogP contribution in [0, 0.1) is 0 Å². The molecule has 10 aromatic rings. The number of hydrogen-bond acceptors (Lipinski definition) is 3. The van der Waals surface area contributed by atoms with Crippen LogP contribution >= 0.6 is 0 Å². The average Bonchev–Trinajstić information content (AvgIpc) is 3.35. The maximum atomic E-state index is 5.39. The summed E-state index contributed by atoms with van der Waals surface area (Å²) in [6, 6.07) is 82.7. The minimum atomic E-state index is 0.886. The summed E-state index contributed by atoms with van der Waals surface area (Å²) in [5, 5.41) is 0. The van der Waals surface area contributed by atoms with E-state index in [9.17, 15) is 0 Å². The van der Waals surface area contributed by atoms with Crippen molar-refractivity contribution in [1.29, 1.82) is 0 Å². The van der Waals surface area contributed by atoms with Crippen LogP contribution in [0.25, 0.3) is 101 Å². The summed E-state index contributed by atoms with van der Waals surface area (Å²) in [7, 11) is 0. The second-order valence-electron chi connectivity index (χ2n) is 14.9. The molecule has 7 aromatic carbocycles. The monoisotopic (exact) mass is 765 g/mol. The van der Waals surface area contributed by atoms with Gasteiger partial charge in [0.15, 0.2) is 0 Å². The smallest absolute Gasteiger partial charge is 0.0715 e. The van der Waals surface area contributed by atoms with Gasteiger partial charge in [-0.1, -0.05) is 188 Å². The Bertz CT molecular complexity index is 2750. The maximum Gasteiger partial charge on any atom is 0.0715 e. The molecule has 3 heterocycles. The summed E-state index contributed by atoms with van der Waals surface area (Å²) >= 11 is 0. The highest BCUT2D eigenvalue weighted by molar-refractivity contribution is 5.83. The van der Waals surface area contributed by atoms with Crippen LogP contribution in [0.5, 0.6) is 0 Å². The molecule has 3 aromatic heterocycles. The lowest BCUT2D eigenvalue weighted by atomic mass is 9.96. The van der Waals surface area contributed by atoms with Gasteiger partial charge in [-0.25, -0.2) is 15.0 Å². The Morgan fingerprint density at radius 2 is 0.350 bits per heavy atom. The fourth-order valence-corrected chi connectivity index (χ4v) is 7.76. The summed E-state index contributed by atoms with van der Waals surface area (Å²) in [5.74, 6) is 0. The fraction of sp³-hybridized carbons (Fsp3) is 0. The molecule has 3 heteroatoms. The van der Waals surface area contributed by atoms with Crippen LogP contribution in [0.15, 0.2) is 237 Å². The lowest BCUT2D eigenvalue weighted by Crippen LogP contribution is -1.94. The van der Waals surface area contributed by atoms with E-state index in [1.54, 1.807) is 0 Å². The molecule has 0 radical (unpaired) electrons. The molecule has 282 valence electrons. The van der Waals surface area contributed by atoms with Crippen molar-refractivity contribution >= 4 is 0 Å². The van der Waals surface area contributed by atoms with Gasteiger partial charge in [0, 0.05) is 33.4 Å². The summed E-state index contributed by atoms with van der Waals surface area (Å²) < 4.78 is 0. The van der Waals surface area contributed by atoms with Crippen molar-refractivity contribution in [2.75, 3.05) is 0 Å². The number of hydrogen-bond donors (Lipinski definition) is 0. The van der Waals surface area contributed by atoms with Gasteiger partial charge in [-0.2, -0.15) is 0 Å². The molecule has 0 spiro atoms. The Balaban J connectivity index is 1.09. The SMILES string of the molecule is c1ccc(-c2cc(-c3ccccc3)nc(-c3cccc(-c4cc(-c5ccccc5)cc(-c5cccc(-c6cc(-c7ccccc7)cc(-c7ccccc7)n6)c5)n4)c3)c2)cc1. The van der Waals surface area contributed by atoms with Gasteiger partial charge in [-0.05, 0) is 81.9 Å². The molecule has 0 amide bonds. The van der Waals surface area contributed by atoms with Crippen molar-refractivity contribution in [3.63, 3.8) is 0 Å². The van der Waals surface area contributed by atoms with Crippen LogP contribution < -0.4 is 0 Å². The van der Waals surface area contributed by atoms with Gasteiger partial charge >= 0.3 is 0 Å². The molecule has 0 bridgehead atoms. The molecule has 10 rings (SSSR count). The number of nitrogens with zero attached hydrogens (tertiary/aromatic N) is 3. The average molecular weight is 766 g/mol. The highest BCUT2D eigenvalue weighted by atomic mass is 14.7. The quantitative estimate of drug-likeness (QED) is 0.147. The van der Waals surface area contributed by atoms with Gasteiger partial charge in [-0.15, -0.1) is 0 Å². The Kier molecular flexibility index (Phi) is 9.97. The van der Waals surface area contributed by atoms with Crippen molar-refractivity contribution in [1.82, 2.24) is 15.0 Å². The van der Waals surface area contributed by atoms with Crippen LogP contribution in [0.1, 0.15) is 0 Å². The van der Waals surface area contributed by atoms with E-state index in [0.29, 0.717) is 0 Å². The standard InChI is InChI=1S/C57H39N3/c1-6-18-40(19-7-1)49-34-52(43-24-12-4-13-25-43)58-54(36-49)45-28-16-30-47(32-45)56-38-51(42-22-10-3-11-23-42)39-57(60-56)48-31-17-29-46(33-48)55-37-50(41-20-8-2-9-21-41)35-53(59-55)44-26-14-5-15-27-44/h1-39H. The fourth-order valence-electron chi connectivity index (χ4n) is 7.76. The van der Waals surface area contributed by atoms with Crippen molar-refractivity contribution in [2.24, 2.45) is 0 Å². The highest BCUT2D eigenvalue weighted by Crippen LogP contribution is 2.36. The zero-order valence-electron chi connectivity index (χ0n) is 32.9. The van der Waals surface area contributed by atoms with Crippen LogP contribution in [-0.4, -0.2) is 15.0 Å². The second-order valence-corrected chi connectivity index (χ2v) is 14.9. The molecule has 0 N–H and O–H groups in total. The van der Waals surface area contributed by atoms with Gasteiger partial charge in [0.25, 0.3) is 0 Å². The molecule has 3 nitrogen and oxygen atoms in total. The van der Waals surface area contributed by atoms with Crippen LogP contribution in [0.4, 0.5) is 0 Å². The summed E-state index contributed by atoms with van der Waals surface area (Å²) in [6.07, 6.45) is 0. The molecule has 0 atom stereocenters. The molecule has 0 aliphatic carbocycles. The molecule has 60 heavy (non-hydrogen) atoms. The highest BCUT2D eigenvalue weighted by Gasteiger charge is 2.15. The predicted octanol–water partition coefficient (Wildman–Crippen LogP) is 14.9. The largest absolute Gasteiger partial charge is 0.248 e. The minimum absolute atomic E-state index is 0.886. The van der Waals surface area contributed by atoms with E-state index in [1.165, 1.54) is 0 Å². The number of pyridine rings is 3. The Hall–Kier alpha value is -8.01. The van der Waals surface area contributed by atoms with E-state index >= 15 is 0 Å². The van der Waals surface area contributed by atoms with Crippen LogP contribution in [-0.2, 0) is 0 Å². The Labute approximate surface area is 351 Å². The minimum Gasteiger partial charge on any atom is -0.248 e. The summed E-state index contributed by atoms with van der Waals surface area (Å²) in [5.41, 5.74) is 18.5. The first-order chi connectivity index (χ1) is 29.7. The van der Waals surface area contributed by atoms with E-state index in [2.05, 4.69) is 224 Å². The van der Waals surface area contributed by atoms with Gasteiger partial charge in [0.1, 0.15) is 0 Å². The zero-order chi connectivity index (χ0) is 40.1. The molecule has 0 aliphatic heterocycles. The third-order valence-corrected chi connectivity index (χ3v) is 10.8. The number of aromatic nitrogens is 3. The van der Waals surface area contributed by atoms with Crippen molar-refractivity contribution in [3.05, 3.63) is 237 Å². The Morgan fingerprint density at radius 1 is 0.150 bits per heavy atom. The lowest BCUT2D eigenvalue weighted by Gasteiger charge is -2.14. The third-order valence-electron chi connectivity index (χ3n) is 10.8. The molecule has 0 saturated heterocycles. The maximum absolute atomic E-state index is 5.39. The van der Waals surface area contributed by atoms with Crippen molar-refractivity contribution in [3.8, 4) is 101 Å². The van der Waals surface area contributed by atoms with E-state index < -0.39 is 0 Å². The zero-order valence-corrected chi connectivity index (χ0v) is 32.9. The molecule has 0 saturated carbocycles. The number of rotatable bonds is 9. The summed E-state index contributed by atoms with van der Waals surface area (Å²) in [6.45, 7) is 0. The first-order valence-electron chi connectivity index (χ1n) is 20.3. The van der Waals surface area contributed by atoms with Gasteiger partial charge in [0.05, 0.1) is 34.2 Å². The topological polar surface area (TPSA) is 38.7 Å². The molecular weight excluding hydrogens is 727 g/mol. The van der Waals surface area contributed by atoms with E-state index in [1.807, 2.05) is 12.1 Å². The third kappa shape index (κ3) is 7.80. The first kappa shape index (κ1) is 36.3. The van der Waals surface area contributed by atoms with Crippen LogP contribution in [0.2, 0.25) is 0 Å². The normalized spacial score (nSPS) is 11.0. The van der Waals surface area contributed by atoms with Gasteiger partial charge in [0.2, 0.25) is 0 Å². The van der Waals surface area contributed by atoms with E-state index in [0.717, 1.165) is 101 Å². The first-order valence-corrected chi connectivity index (χ1v) is 20.3. The van der Waals surface area contributed by atoms with Gasteiger partial charge in [-0.3, -0.25) is 0 Å². The molecule has 0 fully saturated rings. The lowest BCUT2D eigenvalue weighted by molar-refractivity contribution is 1.30. The van der Waals surface area contributed by atoms with E-state index in [4.69, 9.17) is 15.0 Å². The van der Waals surface area contributed by atoms with Gasteiger partial charge < -0.3 is 0 Å². The predicted molar refractivity (Wildman–Crippen MR) is 249 cm³/mol. The second kappa shape index (κ2) is 16.5.